The lowest BCUT2D eigenvalue weighted by Gasteiger charge is -2.14. The van der Waals surface area contributed by atoms with E-state index in [0.29, 0.717) is 18.7 Å². The standard InChI is InChI=1S/C15H17N3O5/c19-13-4-2-10(17-15(21)18-13)14(20)16-6-5-9-1-3-11-12(7-9)23-8-22-11/h1,3,7,10H,2,4-6,8H2,(H,16,20)(H2,17,18,19,21)/t10-/m1/s1. The number of urea groups is 1. The van der Waals surface area contributed by atoms with Gasteiger partial charge in [0.05, 0.1) is 0 Å². The quantitative estimate of drug-likeness (QED) is 0.728. The molecule has 3 rings (SSSR count). The number of hydrogen-bond donors (Lipinski definition) is 3. The van der Waals surface area contributed by atoms with Crippen LogP contribution in [0.2, 0.25) is 0 Å². The van der Waals surface area contributed by atoms with Gasteiger partial charge in [0.15, 0.2) is 11.5 Å². The number of benzene rings is 1. The van der Waals surface area contributed by atoms with E-state index in [-0.39, 0.29) is 31.4 Å². The fourth-order valence-corrected chi connectivity index (χ4v) is 2.48. The number of amides is 4. The molecule has 0 unspecified atom stereocenters. The largest absolute Gasteiger partial charge is 0.454 e. The van der Waals surface area contributed by atoms with E-state index in [1.807, 2.05) is 18.2 Å². The van der Waals surface area contributed by atoms with Crippen LogP contribution in [0, 0.1) is 0 Å². The van der Waals surface area contributed by atoms with Crippen LogP contribution in [0.5, 0.6) is 11.5 Å². The Balaban J connectivity index is 1.49. The number of nitrogens with one attached hydrogen (secondary N) is 3. The molecule has 0 radical (unpaired) electrons. The van der Waals surface area contributed by atoms with Crippen LogP contribution in [-0.2, 0) is 16.0 Å². The van der Waals surface area contributed by atoms with Crippen molar-refractivity contribution in [3.63, 3.8) is 0 Å². The summed E-state index contributed by atoms with van der Waals surface area (Å²) < 4.78 is 10.5. The highest BCUT2D eigenvalue weighted by Gasteiger charge is 2.25. The SMILES string of the molecule is O=C1CC[C@H](C(=O)NCCc2ccc3c(c2)OCO3)NC(=O)N1. The first-order valence-corrected chi connectivity index (χ1v) is 7.38. The number of hydrogen-bond acceptors (Lipinski definition) is 5. The summed E-state index contributed by atoms with van der Waals surface area (Å²) >= 11 is 0. The van der Waals surface area contributed by atoms with E-state index in [1.54, 1.807) is 0 Å². The summed E-state index contributed by atoms with van der Waals surface area (Å²) in [7, 11) is 0. The maximum atomic E-state index is 12.1. The van der Waals surface area contributed by atoms with Crippen molar-refractivity contribution >= 4 is 17.8 Å². The summed E-state index contributed by atoms with van der Waals surface area (Å²) in [5.74, 6) is 0.749. The van der Waals surface area contributed by atoms with Crippen LogP contribution in [0.3, 0.4) is 0 Å². The third-order valence-corrected chi connectivity index (χ3v) is 3.68. The molecule has 0 aliphatic carbocycles. The van der Waals surface area contributed by atoms with Crippen molar-refractivity contribution in [2.24, 2.45) is 0 Å². The van der Waals surface area contributed by atoms with Crippen molar-refractivity contribution in [1.82, 2.24) is 16.0 Å². The lowest BCUT2D eigenvalue weighted by Crippen LogP contribution is -2.48. The van der Waals surface area contributed by atoms with Crippen LogP contribution in [0.4, 0.5) is 4.79 Å². The fourth-order valence-electron chi connectivity index (χ4n) is 2.48. The van der Waals surface area contributed by atoms with Crippen LogP contribution in [0.25, 0.3) is 0 Å². The summed E-state index contributed by atoms with van der Waals surface area (Å²) in [5, 5.41) is 7.38. The smallest absolute Gasteiger partial charge is 0.322 e. The first kappa shape index (κ1) is 15.1. The van der Waals surface area contributed by atoms with E-state index in [1.165, 1.54) is 0 Å². The highest BCUT2D eigenvalue weighted by atomic mass is 16.7. The molecule has 2 heterocycles. The van der Waals surface area contributed by atoms with Crippen LogP contribution < -0.4 is 25.4 Å². The minimum atomic E-state index is -0.696. The summed E-state index contributed by atoms with van der Waals surface area (Å²) in [6.07, 6.45) is 1.05. The van der Waals surface area contributed by atoms with Gasteiger partial charge in [-0.05, 0) is 30.5 Å². The van der Waals surface area contributed by atoms with E-state index in [4.69, 9.17) is 9.47 Å². The van der Waals surface area contributed by atoms with E-state index < -0.39 is 12.1 Å². The average molecular weight is 319 g/mol. The maximum Gasteiger partial charge on any atom is 0.322 e. The van der Waals surface area contributed by atoms with Crippen LogP contribution >= 0.6 is 0 Å². The number of ether oxygens (including phenoxy) is 2. The van der Waals surface area contributed by atoms with E-state index in [0.717, 1.165) is 11.3 Å². The minimum absolute atomic E-state index is 0.138. The van der Waals surface area contributed by atoms with Gasteiger partial charge in [-0.15, -0.1) is 0 Å². The molecule has 0 aromatic heterocycles. The van der Waals surface area contributed by atoms with Crippen molar-refractivity contribution in [1.29, 1.82) is 0 Å². The normalized spacial score (nSPS) is 19.6. The lowest BCUT2D eigenvalue weighted by atomic mass is 10.1. The van der Waals surface area contributed by atoms with Gasteiger partial charge in [0, 0.05) is 13.0 Å². The topological polar surface area (TPSA) is 106 Å². The second kappa shape index (κ2) is 6.55. The van der Waals surface area contributed by atoms with Crippen molar-refractivity contribution in [2.45, 2.75) is 25.3 Å². The van der Waals surface area contributed by atoms with Crippen molar-refractivity contribution < 1.29 is 23.9 Å². The van der Waals surface area contributed by atoms with Gasteiger partial charge in [0.1, 0.15) is 6.04 Å². The van der Waals surface area contributed by atoms with Crippen molar-refractivity contribution in [2.75, 3.05) is 13.3 Å². The van der Waals surface area contributed by atoms with E-state index in [2.05, 4.69) is 16.0 Å². The van der Waals surface area contributed by atoms with Gasteiger partial charge in [-0.1, -0.05) is 6.07 Å². The fraction of sp³-hybridized carbons (Fsp3) is 0.400. The summed E-state index contributed by atoms with van der Waals surface area (Å²) in [6, 6.07) is 4.30. The van der Waals surface area contributed by atoms with Crippen molar-refractivity contribution in [3.8, 4) is 11.5 Å². The predicted octanol–water partition coefficient (Wildman–Crippen LogP) is 0.0622. The third kappa shape index (κ3) is 3.71. The summed E-state index contributed by atoms with van der Waals surface area (Å²) in [4.78, 5) is 34.7. The van der Waals surface area contributed by atoms with Crippen molar-refractivity contribution in [3.05, 3.63) is 23.8 Å². The lowest BCUT2D eigenvalue weighted by molar-refractivity contribution is -0.123. The molecule has 2 aliphatic rings. The molecular weight excluding hydrogens is 302 g/mol. The second-order valence-electron chi connectivity index (χ2n) is 5.34. The molecule has 3 N–H and O–H groups in total. The second-order valence-corrected chi connectivity index (χ2v) is 5.34. The molecule has 1 fully saturated rings. The summed E-state index contributed by atoms with van der Waals surface area (Å²) in [6.45, 7) is 0.649. The molecule has 23 heavy (non-hydrogen) atoms. The Morgan fingerprint density at radius 3 is 2.96 bits per heavy atom. The first-order valence-electron chi connectivity index (χ1n) is 7.38. The zero-order valence-corrected chi connectivity index (χ0v) is 12.4. The highest BCUT2D eigenvalue weighted by molar-refractivity contribution is 5.98. The van der Waals surface area contributed by atoms with Gasteiger partial charge in [0.25, 0.3) is 0 Å². The minimum Gasteiger partial charge on any atom is -0.454 e. The number of fused-ring (bicyclic) bond motifs is 1. The van der Waals surface area contributed by atoms with Crippen LogP contribution in [-0.4, -0.2) is 37.2 Å². The molecule has 8 heteroatoms. The molecule has 122 valence electrons. The van der Waals surface area contributed by atoms with E-state index in [9.17, 15) is 14.4 Å². The van der Waals surface area contributed by atoms with Gasteiger partial charge in [0.2, 0.25) is 18.6 Å². The Kier molecular flexibility index (Phi) is 4.31. The molecule has 0 bridgehead atoms. The van der Waals surface area contributed by atoms with Gasteiger partial charge in [-0.25, -0.2) is 4.79 Å². The van der Waals surface area contributed by atoms with Gasteiger partial charge >= 0.3 is 6.03 Å². The number of carbonyl (C=O) groups excluding carboxylic acids is 3. The molecule has 1 aromatic rings. The Morgan fingerprint density at radius 1 is 1.26 bits per heavy atom. The third-order valence-electron chi connectivity index (χ3n) is 3.68. The first-order chi connectivity index (χ1) is 11.1. The Hall–Kier alpha value is -2.77. The Morgan fingerprint density at radius 2 is 2.09 bits per heavy atom. The maximum absolute atomic E-state index is 12.1. The van der Waals surface area contributed by atoms with Gasteiger partial charge in [-0.2, -0.15) is 0 Å². The monoisotopic (exact) mass is 319 g/mol. The molecule has 8 nitrogen and oxygen atoms in total. The molecule has 1 aromatic carbocycles. The van der Waals surface area contributed by atoms with E-state index >= 15 is 0 Å². The number of imide groups is 1. The van der Waals surface area contributed by atoms with Crippen LogP contribution in [0.1, 0.15) is 18.4 Å². The molecule has 4 amide bonds. The molecule has 0 saturated carbocycles. The molecule has 1 saturated heterocycles. The summed E-state index contributed by atoms with van der Waals surface area (Å²) in [5.41, 5.74) is 1.01. The number of rotatable bonds is 4. The zero-order chi connectivity index (χ0) is 16.2. The highest BCUT2D eigenvalue weighted by Crippen LogP contribution is 2.32. The molecule has 2 aliphatic heterocycles. The van der Waals surface area contributed by atoms with Gasteiger partial charge < -0.3 is 20.1 Å². The zero-order valence-electron chi connectivity index (χ0n) is 12.4. The van der Waals surface area contributed by atoms with Gasteiger partial charge in [-0.3, -0.25) is 14.9 Å². The molecule has 1 atom stereocenters. The average Bonchev–Trinajstić information content (AvgIpc) is 2.91. The predicted molar refractivity (Wildman–Crippen MR) is 79.0 cm³/mol. The molecule has 0 spiro atoms. The van der Waals surface area contributed by atoms with Crippen LogP contribution in [0.15, 0.2) is 18.2 Å². The molecular formula is C15H17N3O5. The Bertz CT molecular complexity index is 646. The Labute approximate surface area is 132 Å². The number of carbonyl (C=O) groups is 3.